The van der Waals surface area contributed by atoms with E-state index in [-0.39, 0.29) is 5.91 Å². The Morgan fingerprint density at radius 3 is 2.95 bits per heavy atom. The van der Waals surface area contributed by atoms with Crippen molar-refractivity contribution in [3.63, 3.8) is 0 Å². The fraction of sp³-hybridized carbons (Fsp3) is 0.588. The van der Waals surface area contributed by atoms with Gasteiger partial charge in [0.25, 0.3) is 0 Å². The van der Waals surface area contributed by atoms with Crippen molar-refractivity contribution in [2.24, 2.45) is 17.8 Å². The second-order valence-corrected chi connectivity index (χ2v) is 6.27. The Morgan fingerprint density at radius 2 is 2.25 bits per heavy atom. The summed E-state index contributed by atoms with van der Waals surface area (Å²) >= 11 is 0. The SMILES string of the molecule is COc1cccc(CNC(=O)C[C@H]2C[C@H]3CC[C@H]2C3)c1. The molecular formula is C17H23NO2. The molecule has 1 N–H and O–H groups in total. The summed E-state index contributed by atoms with van der Waals surface area (Å²) in [6.07, 6.45) is 6.10. The molecule has 1 aromatic carbocycles. The highest BCUT2D eigenvalue weighted by Crippen LogP contribution is 2.49. The van der Waals surface area contributed by atoms with Crippen LogP contribution in [0.2, 0.25) is 0 Å². The zero-order valence-electron chi connectivity index (χ0n) is 12.1. The van der Waals surface area contributed by atoms with E-state index in [1.807, 2.05) is 24.3 Å². The molecule has 0 aliphatic heterocycles. The molecule has 108 valence electrons. The third-order valence-electron chi connectivity index (χ3n) is 4.96. The van der Waals surface area contributed by atoms with Crippen LogP contribution in [0.5, 0.6) is 5.75 Å². The first-order valence-corrected chi connectivity index (χ1v) is 7.64. The number of carbonyl (C=O) groups excluding carboxylic acids is 1. The Labute approximate surface area is 120 Å². The molecule has 2 fully saturated rings. The Hall–Kier alpha value is -1.51. The molecule has 3 atom stereocenters. The second-order valence-electron chi connectivity index (χ2n) is 6.27. The maximum absolute atomic E-state index is 12.1. The van der Waals surface area contributed by atoms with Crippen LogP contribution >= 0.6 is 0 Å². The smallest absolute Gasteiger partial charge is 0.220 e. The molecule has 1 aromatic rings. The maximum Gasteiger partial charge on any atom is 0.220 e. The summed E-state index contributed by atoms with van der Waals surface area (Å²) in [6, 6.07) is 7.86. The van der Waals surface area contributed by atoms with E-state index in [9.17, 15) is 4.79 Å². The van der Waals surface area contributed by atoms with Gasteiger partial charge in [0.05, 0.1) is 7.11 Å². The van der Waals surface area contributed by atoms with Crippen LogP contribution in [0.15, 0.2) is 24.3 Å². The quantitative estimate of drug-likeness (QED) is 0.895. The van der Waals surface area contributed by atoms with Crippen molar-refractivity contribution in [3.05, 3.63) is 29.8 Å². The topological polar surface area (TPSA) is 38.3 Å². The highest BCUT2D eigenvalue weighted by Gasteiger charge is 2.39. The van der Waals surface area contributed by atoms with Crippen molar-refractivity contribution in [1.29, 1.82) is 0 Å². The van der Waals surface area contributed by atoms with Crippen molar-refractivity contribution < 1.29 is 9.53 Å². The van der Waals surface area contributed by atoms with E-state index < -0.39 is 0 Å². The number of ether oxygens (including phenoxy) is 1. The lowest BCUT2D eigenvalue weighted by Gasteiger charge is -2.20. The van der Waals surface area contributed by atoms with Gasteiger partial charge in [0, 0.05) is 13.0 Å². The molecule has 2 aliphatic rings. The monoisotopic (exact) mass is 273 g/mol. The van der Waals surface area contributed by atoms with E-state index in [2.05, 4.69) is 5.32 Å². The molecule has 0 heterocycles. The summed E-state index contributed by atoms with van der Waals surface area (Å²) in [6.45, 7) is 0.594. The van der Waals surface area contributed by atoms with Crippen LogP contribution < -0.4 is 10.1 Å². The van der Waals surface area contributed by atoms with Crippen LogP contribution in [-0.4, -0.2) is 13.0 Å². The Kier molecular flexibility index (Phi) is 3.95. The Balaban J connectivity index is 1.47. The molecule has 0 aromatic heterocycles. The lowest BCUT2D eigenvalue weighted by molar-refractivity contribution is -0.122. The van der Waals surface area contributed by atoms with Crippen LogP contribution in [0, 0.1) is 17.8 Å². The van der Waals surface area contributed by atoms with Gasteiger partial charge in [0.15, 0.2) is 0 Å². The van der Waals surface area contributed by atoms with E-state index in [1.54, 1.807) is 7.11 Å². The predicted octanol–water partition coefficient (Wildman–Crippen LogP) is 3.14. The fourth-order valence-electron chi connectivity index (χ4n) is 3.92. The number of hydrogen-bond acceptors (Lipinski definition) is 2. The average Bonchev–Trinajstić information content (AvgIpc) is 3.08. The normalized spacial score (nSPS) is 27.6. The van der Waals surface area contributed by atoms with Crippen molar-refractivity contribution in [2.45, 2.75) is 38.6 Å². The first kappa shape index (κ1) is 13.5. The van der Waals surface area contributed by atoms with Crippen LogP contribution in [-0.2, 0) is 11.3 Å². The standard InChI is InChI=1S/C17H23NO2/c1-20-16-4-2-3-13(9-16)11-18-17(19)10-15-8-12-5-6-14(15)7-12/h2-4,9,12,14-15H,5-8,10-11H2,1H3,(H,18,19)/t12-,14-,15+/m0/s1. The molecule has 0 radical (unpaired) electrons. The van der Waals surface area contributed by atoms with E-state index in [0.29, 0.717) is 18.9 Å². The molecule has 0 saturated heterocycles. The van der Waals surface area contributed by atoms with Gasteiger partial charge in [0.1, 0.15) is 5.75 Å². The van der Waals surface area contributed by atoms with Crippen molar-refractivity contribution in [2.75, 3.05) is 7.11 Å². The van der Waals surface area contributed by atoms with E-state index in [4.69, 9.17) is 4.74 Å². The minimum Gasteiger partial charge on any atom is -0.497 e. The molecule has 20 heavy (non-hydrogen) atoms. The molecule has 3 rings (SSSR count). The lowest BCUT2D eigenvalue weighted by Crippen LogP contribution is -2.26. The number of hydrogen-bond donors (Lipinski definition) is 1. The molecule has 2 bridgehead atoms. The number of benzene rings is 1. The summed E-state index contributed by atoms with van der Waals surface area (Å²) in [7, 11) is 1.66. The molecule has 0 spiro atoms. The molecular weight excluding hydrogens is 250 g/mol. The molecule has 0 unspecified atom stereocenters. The molecule has 3 heteroatoms. The van der Waals surface area contributed by atoms with Gasteiger partial charge in [0.2, 0.25) is 5.91 Å². The van der Waals surface area contributed by atoms with Crippen molar-refractivity contribution in [3.8, 4) is 5.75 Å². The van der Waals surface area contributed by atoms with Gasteiger partial charge in [-0.25, -0.2) is 0 Å². The van der Waals surface area contributed by atoms with Crippen LogP contribution in [0.4, 0.5) is 0 Å². The fourth-order valence-corrected chi connectivity index (χ4v) is 3.92. The minimum absolute atomic E-state index is 0.199. The first-order valence-electron chi connectivity index (χ1n) is 7.64. The Morgan fingerprint density at radius 1 is 1.35 bits per heavy atom. The second kappa shape index (κ2) is 5.86. The summed E-state index contributed by atoms with van der Waals surface area (Å²) in [4.78, 5) is 12.1. The highest BCUT2D eigenvalue weighted by molar-refractivity contribution is 5.76. The van der Waals surface area contributed by atoms with Crippen molar-refractivity contribution >= 4 is 5.91 Å². The van der Waals surface area contributed by atoms with Crippen molar-refractivity contribution in [1.82, 2.24) is 5.32 Å². The number of rotatable bonds is 5. The van der Waals surface area contributed by atoms with Gasteiger partial charge in [-0.05, 0) is 54.7 Å². The average molecular weight is 273 g/mol. The summed E-state index contributed by atoms with van der Waals surface area (Å²) in [5, 5.41) is 3.04. The van der Waals surface area contributed by atoms with E-state index in [1.165, 1.54) is 25.7 Å². The number of fused-ring (bicyclic) bond motifs is 2. The van der Waals surface area contributed by atoms with Crippen LogP contribution in [0.3, 0.4) is 0 Å². The summed E-state index contributed by atoms with van der Waals surface area (Å²) < 4.78 is 5.19. The summed E-state index contributed by atoms with van der Waals surface area (Å²) in [5.74, 6) is 3.41. The lowest BCUT2D eigenvalue weighted by atomic mass is 9.86. The van der Waals surface area contributed by atoms with Crippen LogP contribution in [0.25, 0.3) is 0 Å². The molecule has 2 aliphatic carbocycles. The first-order chi connectivity index (χ1) is 9.74. The summed E-state index contributed by atoms with van der Waals surface area (Å²) in [5.41, 5.74) is 1.09. The number of amides is 1. The largest absolute Gasteiger partial charge is 0.497 e. The zero-order chi connectivity index (χ0) is 13.9. The van der Waals surface area contributed by atoms with Gasteiger partial charge in [-0.1, -0.05) is 18.6 Å². The molecule has 1 amide bonds. The third kappa shape index (κ3) is 2.97. The van der Waals surface area contributed by atoms with Gasteiger partial charge < -0.3 is 10.1 Å². The van der Waals surface area contributed by atoms with Gasteiger partial charge in [-0.3, -0.25) is 4.79 Å². The van der Waals surface area contributed by atoms with Gasteiger partial charge >= 0.3 is 0 Å². The maximum atomic E-state index is 12.1. The predicted molar refractivity (Wildman–Crippen MR) is 78.4 cm³/mol. The number of methoxy groups -OCH3 is 1. The van der Waals surface area contributed by atoms with E-state index in [0.717, 1.165) is 23.1 Å². The third-order valence-corrected chi connectivity index (χ3v) is 4.96. The molecule has 3 nitrogen and oxygen atoms in total. The number of nitrogens with one attached hydrogen (secondary N) is 1. The zero-order valence-corrected chi connectivity index (χ0v) is 12.1. The van der Waals surface area contributed by atoms with E-state index >= 15 is 0 Å². The number of carbonyl (C=O) groups is 1. The van der Waals surface area contributed by atoms with Gasteiger partial charge in [-0.15, -0.1) is 0 Å². The highest BCUT2D eigenvalue weighted by atomic mass is 16.5. The van der Waals surface area contributed by atoms with Crippen LogP contribution in [0.1, 0.15) is 37.7 Å². The van der Waals surface area contributed by atoms with Gasteiger partial charge in [-0.2, -0.15) is 0 Å². The Bertz CT molecular complexity index is 486. The molecule has 2 saturated carbocycles. The minimum atomic E-state index is 0.199.